The summed E-state index contributed by atoms with van der Waals surface area (Å²) in [5.74, 6) is 2.05. The highest BCUT2D eigenvalue weighted by Crippen LogP contribution is 2.28. The topological polar surface area (TPSA) is 68.3 Å². The van der Waals surface area contributed by atoms with Gasteiger partial charge in [0.05, 0.1) is 20.8 Å². The van der Waals surface area contributed by atoms with E-state index in [1.54, 1.807) is 37.3 Å². The monoisotopic (exact) mass is 440 g/mol. The van der Waals surface area contributed by atoms with Gasteiger partial charge in [-0.3, -0.25) is 9.59 Å². The maximum absolute atomic E-state index is 12.9. The van der Waals surface area contributed by atoms with Crippen LogP contribution in [-0.2, 0) is 4.79 Å². The van der Waals surface area contributed by atoms with Crippen LogP contribution in [0.1, 0.15) is 34.3 Å². The van der Waals surface area contributed by atoms with Crippen molar-refractivity contribution >= 4 is 11.8 Å². The molecule has 0 bridgehead atoms. The lowest BCUT2D eigenvalue weighted by Crippen LogP contribution is -2.50. The number of carbonyl (C=O) groups is 2. The smallest absolute Gasteiger partial charge is 0.254 e. The lowest BCUT2D eigenvalue weighted by Gasteiger charge is -2.35. The van der Waals surface area contributed by atoms with E-state index in [0.29, 0.717) is 62.7 Å². The van der Waals surface area contributed by atoms with Crippen LogP contribution in [0.2, 0.25) is 0 Å². The van der Waals surface area contributed by atoms with Crippen LogP contribution in [0.4, 0.5) is 0 Å². The molecule has 0 aliphatic carbocycles. The van der Waals surface area contributed by atoms with Crippen molar-refractivity contribution in [1.29, 1.82) is 0 Å². The zero-order valence-corrected chi connectivity index (χ0v) is 19.3. The summed E-state index contributed by atoms with van der Waals surface area (Å²) in [5.41, 5.74) is 2.75. The van der Waals surface area contributed by atoms with Crippen LogP contribution < -0.4 is 14.2 Å². The van der Waals surface area contributed by atoms with E-state index < -0.39 is 0 Å². The van der Waals surface area contributed by atoms with E-state index in [1.165, 1.54) is 0 Å². The molecule has 1 aliphatic rings. The molecule has 0 radical (unpaired) electrons. The van der Waals surface area contributed by atoms with Crippen LogP contribution in [0, 0.1) is 13.8 Å². The molecule has 2 aromatic rings. The molecule has 3 rings (SSSR count). The van der Waals surface area contributed by atoms with Gasteiger partial charge < -0.3 is 24.0 Å². The number of aryl methyl sites for hydroxylation is 2. The number of carbonyl (C=O) groups excluding carboxylic acids is 2. The summed E-state index contributed by atoms with van der Waals surface area (Å²) < 4.78 is 16.4. The molecule has 0 spiro atoms. The van der Waals surface area contributed by atoms with Crippen molar-refractivity contribution in [2.45, 2.75) is 26.7 Å². The lowest BCUT2D eigenvalue weighted by atomic mass is 10.1. The van der Waals surface area contributed by atoms with Crippen LogP contribution in [-0.4, -0.2) is 68.6 Å². The van der Waals surface area contributed by atoms with Gasteiger partial charge in [0, 0.05) is 38.2 Å². The van der Waals surface area contributed by atoms with Gasteiger partial charge in [0.15, 0.2) is 11.5 Å². The van der Waals surface area contributed by atoms with E-state index >= 15 is 0 Å². The van der Waals surface area contributed by atoms with Crippen molar-refractivity contribution in [3.8, 4) is 17.2 Å². The van der Waals surface area contributed by atoms with Crippen molar-refractivity contribution in [3.63, 3.8) is 0 Å². The summed E-state index contributed by atoms with van der Waals surface area (Å²) in [6, 6.07) is 11.2. The van der Waals surface area contributed by atoms with E-state index in [9.17, 15) is 9.59 Å². The summed E-state index contributed by atoms with van der Waals surface area (Å²) in [5, 5.41) is 0. The predicted molar refractivity (Wildman–Crippen MR) is 123 cm³/mol. The molecular weight excluding hydrogens is 408 g/mol. The highest BCUT2D eigenvalue weighted by molar-refractivity contribution is 5.95. The van der Waals surface area contributed by atoms with Crippen molar-refractivity contribution in [3.05, 3.63) is 53.1 Å². The predicted octanol–water partition coefficient (Wildman–Crippen LogP) is 3.46. The standard InChI is InChI=1S/C25H32N2O5/c1-18-7-5-8-19(2)24(18)32-16-6-9-23(28)26-12-14-27(15-13-26)25(29)20-10-11-21(30-3)22(17-20)31-4/h5,7-8,10-11,17H,6,9,12-16H2,1-4H3. The Labute approximate surface area is 189 Å². The molecule has 1 fully saturated rings. The fourth-order valence-electron chi connectivity index (χ4n) is 3.89. The van der Waals surface area contributed by atoms with Gasteiger partial charge in [0.1, 0.15) is 5.75 Å². The van der Waals surface area contributed by atoms with Gasteiger partial charge in [-0.15, -0.1) is 0 Å². The zero-order valence-electron chi connectivity index (χ0n) is 19.3. The highest BCUT2D eigenvalue weighted by Gasteiger charge is 2.25. The Kier molecular flexibility index (Phi) is 7.98. The second-order valence-electron chi connectivity index (χ2n) is 7.92. The van der Waals surface area contributed by atoms with Crippen molar-refractivity contribution < 1.29 is 23.8 Å². The molecule has 172 valence electrons. The highest BCUT2D eigenvalue weighted by atomic mass is 16.5. The van der Waals surface area contributed by atoms with E-state index in [0.717, 1.165) is 16.9 Å². The van der Waals surface area contributed by atoms with Gasteiger partial charge >= 0.3 is 0 Å². The van der Waals surface area contributed by atoms with E-state index in [-0.39, 0.29) is 11.8 Å². The van der Waals surface area contributed by atoms with Crippen molar-refractivity contribution in [2.24, 2.45) is 0 Å². The first-order chi connectivity index (χ1) is 15.4. The Bertz CT molecular complexity index is 931. The van der Waals surface area contributed by atoms with Crippen LogP contribution in [0.25, 0.3) is 0 Å². The summed E-state index contributed by atoms with van der Waals surface area (Å²) >= 11 is 0. The third-order valence-corrected chi connectivity index (χ3v) is 5.74. The molecule has 2 aromatic carbocycles. The number of benzene rings is 2. The summed E-state index contributed by atoms with van der Waals surface area (Å²) in [4.78, 5) is 29.0. The first-order valence-electron chi connectivity index (χ1n) is 10.9. The number of para-hydroxylation sites is 1. The fourth-order valence-corrected chi connectivity index (χ4v) is 3.89. The van der Waals surface area contributed by atoms with Gasteiger partial charge in [-0.05, 0) is 49.6 Å². The number of hydrogen-bond donors (Lipinski definition) is 0. The Balaban J connectivity index is 1.45. The quantitative estimate of drug-likeness (QED) is 0.588. The molecule has 32 heavy (non-hydrogen) atoms. The number of piperazine rings is 1. The SMILES string of the molecule is COc1ccc(C(=O)N2CCN(C(=O)CCCOc3c(C)cccc3C)CC2)cc1OC. The van der Waals surface area contributed by atoms with E-state index in [2.05, 4.69) is 0 Å². The Morgan fingerprint density at radius 3 is 2.12 bits per heavy atom. The average molecular weight is 441 g/mol. The molecule has 1 heterocycles. The lowest BCUT2D eigenvalue weighted by molar-refractivity contribution is -0.132. The van der Waals surface area contributed by atoms with Gasteiger partial charge in [0.2, 0.25) is 5.91 Å². The number of nitrogens with zero attached hydrogens (tertiary/aromatic N) is 2. The van der Waals surface area contributed by atoms with Crippen LogP contribution in [0.15, 0.2) is 36.4 Å². The Morgan fingerprint density at radius 1 is 0.875 bits per heavy atom. The third kappa shape index (κ3) is 5.52. The minimum Gasteiger partial charge on any atom is -0.493 e. The number of rotatable bonds is 8. The Hall–Kier alpha value is -3.22. The third-order valence-electron chi connectivity index (χ3n) is 5.74. The molecule has 0 unspecified atom stereocenters. The van der Waals surface area contributed by atoms with Gasteiger partial charge in [-0.25, -0.2) is 0 Å². The maximum atomic E-state index is 12.9. The fraction of sp³-hybridized carbons (Fsp3) is 0.440. The van der Waals surface area contributed by atoms with Crippen LogP contribution in [0.3, 0.4) is 0 Å². The first kappa shape index (κ1) is 23.4. The molecule has 0 saturated carbocycles. The molecule has 0 aromatic heterocycles. The normalized spacial score (nSPS) is 13.6. The van der Waals surface area contributed by atoms with Crippen molar-refractivity contribution in [2.75, 3.05) is 47.0 Å². The first-order valence-corrected chi connectivity index (χ1v) is 10.9. The van der Waals surface area contributed by atoms with Crippen LogP contribution in [0.5, 0.6) is 17.2 Å². The maximum Gasteiger partial charge on any atom is 0.254 e. The average Bonchev–Trinajstić information content (AvgIpc) is 2.82. The molecule has 0 atom stereocenters. The summed E-state index contributed by atoms with van der Waals surface area (Å²) in [7, 11) is 3.11. The van der Waals surface area contributed by atoms with Crippen LogP contribution >= 0.6 is 0 Å². The molecule has 1 aliphatic heterocycles. The molecule has 1 saturated heterocycles. The number of amides is 2. The number of hydrogen-bond acceptors (Lipinski definition) is 5. The molecular formula is C25H32N2O5. The van der Waals surface area contributed by atoms with Gasteiger partial charge in [-0.1, -0.05) is 18.2 Å². The molecule has 7 nitrogen and oxygen atoms in total. The Morgan fingerprint density at radius 2 is 1.50 bits per heavy atom. The van der Waals surface area contributed by atoms with Gasteiger partial charge in [-0.2, -0.15) is 0 Å². The summed E-state index contributed by atoms with van der Waals surface area (Å²) in [6.07, 6.45) is 1.10. The zero-order chi connectivity index (χ0) is 23.1. The van der Waals surface area contributed by atoms with E-state index in [1.807, 2.05) is 36.9 Å². The van der Waals surface area contributed by atoms with Crippen molar-refractivity contribution in [1.82, 2.24) is 9.80 Å². The molecule has 7 heteroatoms. The summed E-state index contributed by atoms with van der Waals surface area (Å²) in [6.45, 7) is 6.66. The number of methoxy groups -OCH3 is 2. The second kappa shape index (κ2) is 10.9. The minimum absolute atomic E-state index is 0.0694. The molecule has 0 N–H and O–H groups in total. The number of ether oxygens (including phenoxy) is 3. The second-order valence-corrected chi connectivity index (χ2v) is 7.92. The van der Waals surface area contributed by atoms with Gasteiger partial charge in [0.25, 0.3) is 5.91 Å². The largest absolute Gasteiger partial charge is 0.493 e. The van der Waals surface area contributed by atoms with E-state index in [4.69, 9.17) is 14.2 Å². The molecule has 2 amide bonds. The minimum atomic E-state index is -0.0694.